The van der Waals surface area contributed by atoms with E-state index in [1.165, 1.54) is 12.8 Å². The van der Waals surface area contributed by atoms with Gasteiger partial charge in [0.25, 0.3) is 0 Å². The Labute approximate surface area is 119 Å². The average Bonchev–Trinajstić information content (AvgIpc) is 2.64. The summed E-state index contributed by atoms with van der Waals surface area (Å²) in [5, 5.41) is 4.22. The zero-order chi connectivity index (χ0) is 13.5. The van der Waals surface area contributed by atoms with Gasteiger partial charge in [-0.3, -0.25) is 0 Å². The van der Waals surface area contributed by atoms with Gasteiger partial charge in [-0.2, -0.15) is 0 Å². The van der Waals surface area contributed by atoms with Crippen molar-refractivity contribution in [1.82, 2.24) is 5.32 Å². The Kier molecular flexibility index (Phi) is 3.35. The van der Waals surface area contributed by atoms with Gasteiger partial charge in [-0.05, 0) is 49.9 Å². The molecule has 0 aromatic heterocycles. The molecule has 1 N–H and O–H groups in total. The van der Waals surface area contributed by atoms with Gasteiger partial charge >= 0.3 is 0 Å². The van der Waals surface area contributed by atoms with Crippen molar-refractivity contribution in [2.45, 2.75) is 38.9 Å². The molecule has 0 spiro atoms. The summed E-state index contributed by atoms with van der Waals surface area (Å²) >= 11 is 6.36. The van der Waals surface area contributed by atoms with Crippen molar-refractivity contribution >= 4 is 11.6 Å². The summed E-state index contributed by atoms with van der Waals surface area (Å²) in [5.74, 6) is 1.64. The molecule has 3 nitrogen and oxygen atoms in total. The molecule has 1 unspecified atom stereocenters. The van der Waals surface area contributed by atoms with E-state index >= 15 is 0 Å². The zero-order valence-electron chi connectivity index (χ0n) is 11.5. The average molecular weight is 282 g/mol. The number of halogens is 1. The predicted octanol–water partition coefficient (Wildman–Crippen LogP) is 3.39. The fraction of sp³-hybridized carbons (Fsp3) is 0.600. The fourth-order valence-corrected chi connectivity index (χ4v) is 3.08. The molecule has 1 aromatic rings. The maximum atomic E-state index is 6.36. The first-order valence-electron chi connectivity index (χ1n) is 6.95. The molecule has 1 atom stereocenters. The number of ether oxygens (including phenoxy) is 2. The van der Waals surface area contributed by atoms with Crippen LogP contribution in [0.4, 0.5) is 0 Å². The SMILES string of the molecule is CC1(C)Oc2cc(Cl)c(CC3CCCNC3)cc2O1. The Morgan fingerprint density at radius 2 is 2.05 bits per heavy atom. The molecule has 4 heteroatoms. The van der Waals surface area contributed by atoms with Crippen LogP contribution in [-0.2, 0) is 6.42 Å². The van der Waals surface area contributed by atoms with Gasteiger partial charge in [-0.15, -0.1) is 0 Å². The van der Waals surface area contributed by atoms with E-state index in [0.717, 1.165) is 41.6 Å². The van der Waals surface area contributed by atoms with E-state index in [1.807, 2.05) is 26.0 Å². The van der Waals surface area contributed by atoms with Crippen LogP contribution in [0.5, 0.6) is 11.5 Å². The third kappa shape index (κ3) is 2.82. The van der Waals surface area contributed by atoms with Gasteiger partial charge in [0.15, 0.2) is 11.5 Å². The van der Waals surface area contributed by atoms with Gasteiger partial charge in [0.2, 0.25) is 5.79 Å². The van der Waals surface area contributed by atoms with E-state index < -0.39 is 5.79 Å². The summed E-state index contributed by atoms with van der Waals surface area (Å²) in [6.45, 7) is 6.03. The van der Waals surface area contributed by atoms with Crippen LogP contribution in [0, 0.1) is 5.92 Å². The molecule has 2 heterocycles. The fourth-order valence-electron chi connectivity index (χ4n) is 2.85. The molecule has 19 heavy (non-hydrogen) atoms. The van der Waals surface area contributed by atoms with Crippen LogP contribution in [0.2, 0.25) is 5.02 Å². The number of rotatable bonds is 2. The highest BCUT2D eigenvalue weighted by atomic mass is 35.5. The molecule has 1 aromatic carbocycles. The first-order valence-corrected chi connectivity index (χ1v) is 7.32. The second-order valence-electron chi connectivity index (χ2n) is 5.91. The first kappa shape index (κ1) is 13.1. The smallest absolute Gasteiger partial charge is 0.246 e. The summed E-state index contributed by atoms with van der Waals surface area (Å²) in [5.41, 5.74) is 1.16. The maximum Gasteiger partial charge on any atom is 0.246 e. The molecule has 0 aliphatic carbocycles. The molecule has 1 saturated heterocycles. The largest absolute Gasteiger partial charge is 0.449 e. The second-order valence-corrected chi connectivity index (χ2v) is 6.32. The second kappa shape index (κ2) is 4.88. The van der Waals surface area contributed by atoms with E-state index in [0.29, 0.717) is 5.92 Å². The Hall–Kier alpha value is -0.930. The highest BCUT2D eigenvalue weighted by molar-refractivity contribution is 6.31. The van der Waals surface area contributed by atoms with Gasteiger partial charge in [0, 0.05) is 24.9 Å². The lowest BCUT2D eigenvalue weighted by Gasteiger charge is -2.23. The van der Waals surface area contributed by atoms with Crippen LogP contribution in [0.1, 0.15) is 32.3 Å². The van der Waals surface area contributed by atoms with Gasteiger partial charge in [-0.1, -0.05) is 11.6 Å². The number of benzene rings is 1. The highest BCUT2D eigenvalue weighted by Crippen LogP contribution is 2.42. The Morgan fingerprint density at radius 3 is 2.74 bits per heavy atom. The summed E-state index contributed by atoms with van der Waals surface area (Å²) < 4.78 is 11.5. The van der Waals surface area contributed by atoms with Crippen molar-refractivity contribution in [3.05, 3.63) is 22.7 Å². The predicted molar refractivity (Wildman–Crippen MR) is 76.1 cm³/mol. The number of fused-ring (bicyclic) bond motifs is 1. The zero-order valence-corrected chi connectivity index (χ0v) is 12.2. The van der Waals surface area contributed by atoms with Crippen LogP contribution in [-0.4, -0.2) is 18.9 Å². The van der Waals surface area contributed by atoms with Crippen molar-refractivity contribution in [2.75, 3.05) is 13.1 Å². The van der Waals surface area contributed by atoms with E-state index in [1.54, 1.807) is 0 Å². The molecule has 1 fully saturated rings. The molecular weight excluding hydrogens is 262 g/mol. The number of hydrogen-bond donors (Lipinski definition) is 1. The van der Waals surface area contributed by atoms with Gasteiger partial charge < -0.3 is 14.8 Å². The summed E-state index contributed by atoms with van der Waals surface area (Å²) in [7, 11) is 0. The molecule has 2 aliphatic rings. The van der Waals surface area contributed by atoms with Crippen molar-refractivity contribution in [3.8, 4) is 11.5 Å². The van der Waals surface area contributed by atoms with Crippen LogP contribution in [0.15, 0.2) is 12.1 Å². The third-order valence-corrected chi connectivity index (χ3v) is 4.08. The number of nitrogens with one attached hydrogen (secondary N) is 1. The molecule has 0 radical (unpaired) electrons. The number of piperidine rings is 1. The topological polar surface area (TPSA) is 30.5 Å². The standard InChI is InChI=1S/C15H20ClNO2/c1-15(2)18-13-7-11(12(16)8-14(13)19-15)6-10-4-3-5-17-9-10/h7-8,10,17H,3-6,9H2,1-2H3. The highest BCUT2D eigenvalue weighted by Gasteiger charge is 2.32. The quantitative estimate of drug-likeness (QED) is 0.901. The molecule has 0 bridgehead atoms. The van der Waals surface area contributed by atoms with Gasteiger partial charge in [-0.25, -0.2) is 0 Å². The minimum absolute atomic E-state index is 0.587. The van der Waals surface area contributed by atoms with Gasteiger partial charge in [0.05, 0.1) is 0 Å². The molecular formula is C15H20ClNO2. The lowest BCUT2D eigenvalue weighted by atomic mass is 9.92. The number of hydrogen-bond acceptors (Lipinski definition) is 3. The van der Waals surface area contributed by atoms with E-state index in [4.69, 9.17) is 21.1 Å². The minimum atomic E-state index is -0.587. The van der Waals surface area contributed by atoms with Crippen molar-refractivity contribution in [3.63, 3.8) is 0 Å². The van der Waals surface area contributed by atoms with Crippen LogP contribution in [0.25, 0.3) is 0 Å². The Balaban J connectivity index is 1.79. The van der Waals surface area contributed by atoms with Crippen LogP contribution >= 0.6 is 11.6 Å². The molecule has 104 valence electrons. The first-order chi connectivity index (χ1) is 9.03. The molecule has 3 rings (SSSR count). The van der Waals surface area contributed by atoms with Gasteiger partial charge in [0.1, 0.15) is 0 Å². The molecule has 0 amide bonds. The van der Waals surface area contributed by atoms with Crippen molar-refractivity contribution in [2.24, 2.45) is 5.92 Å². The normalized spacial score (nSPS) is 24.5. The van der Waals surface area contributed by atoms with Crippen molar-refractivity contribution < 1.29 is 9.47 Å². The van der Waals surface area contributed by atoms with Crippen LogP contribution in [0.3, 0.4) is 0 Å². The Bertz CT molecular complexity index is 481. The van der Waals surface area contributed by atoms with Crippen LogP contribution < -0.4 is 14.8 Å². The third-order valence-electron chi connectivity index (χ3n) is 3.73. The maximum absolute atomic E-state index is 6.36. The van der Waals surface area contributed by atoms with E-state index in [2.05, 4.69) is 5.32 Å². The lowest BCUT2D eigenvalue weighted by Crippen LogP contribution is -2.30. The monoisotopic (exact) mass is 281 g/mol. The van der Waals surface area contributed by atoms with Crippen molar-refractivity contribution in [1.29, 1.82) is 0 Å². The lowest BCUT2D eigenvalue weighted by molar-refractivity contribution is -0.0431. The summed E-state index contributed by atoms with van der Waals surface area (Å²) in [6, 6.07) is 3.93. The molecule has 0 saturated carbocycles. The van der Waals surface area contributed by atoms with E-state index in [-0.39, 0.29) is 0 Å². The summed E-state index contributed by atoms with van der Waals surface area (Å²) in [6.07, 6.45) is 3.52. The summed E-state index contributed by atoms with van der Waals surface area (Å²) in [4.78, 5) is 0. The Morgan fingerprint density at radius 1 is 1.32 bits per heavy atom. The van der Waals surface area contributed by atoms with E-state index in [9.17, 15) is 0 Å². The minimum Gasteiger partial charge on any atom is -0.449 e. The molecule has 2 aliphatic heterocycles.